The Balaban J connectivity index is 2.34. The fourth-order valence-electron chi connectivity index (χ4n) is 2.02. The van der Waals surface area contributed by atoms with Crippen LogP contribution in [0.15, 0.2) is 18.2 Å². The molecule has 0 unspecified atom stereocenters. The van der Waals surface area contributed by atoms with Crippen molar-refractivity contribution in [3.8, 4) is 0 Å². The Bertz CT molecular complexity index is 538. The first kappa shape index (κ1) is 8.65. The van der Waals surface area contributed by atoms with Gasteiger partial charge in [-0.05, 0) is 37.5 Å². The van der Waals surface area contributed by atoms with Gasteiger partial charge in [-0.2, -0.15) is 0 Å². The Kier molecular flexibility index (Phi) is 1.69. The maximum Gasteiger partial charge on any atom is 0.185 e. The molecule has 0 radical (unpaired) electrons. The van der Waals surface area contributed by atoms with Crippen LogP contribution in [0.1, 0.15) is 35.1 Å². The summed E-state index contributed by atoms with van der Waals surface area (Å²) in [5.41, 5.74) is 3.23. The minimum Gasteiger partial charge on any atom is -0.319 e. The van der Waals surface area contributed by atoms with E-state index in [1.165, 1.54) is 18.4 Å². The molecular weight excluding hydrogens is 188 g/mol. The van der Waals surface area contributed by atoms with Crippen molar-refractivity contribution in [3.05, 3.63) is 29.6 Å². The van der Waals surface area contributed by atoms with Gasteiger partial charge in [0.05, 0.1) is 11.0 Å². The zero-order chi connectivity index (χ0) is 10.4. The van der Waals surface area contributed by atoms with Crippen LogP contribution in [-0.4, -0.2) is 15.8 Å². The highest BCUT2D eigenvalue weighted by Gasteiger charge is 2.27. The van der Waals surface area contributed by atoms with Gasteiger partial charge in [0, 0.05) is 6.04 Å². The fraction of sp³-hybridized carbons (Fsp3) is 0.333. The zero-order valence-electron chi connectivity index (χ0n) is 8.60. The molecular formula is C12H12N2O. The van der Waals surface area contributed by atoms with E-state index in [-0.39, 0.29) is 0 Å². The molecule has 1 fully saturated rings. The van der Waals surface area contributed by atoms with Crippen LogP contribution < -0.4 is 0 Å². The first-order valence-electron chi connectivity index (χ1n) is 5.23. The number of nitrogens with zero attached hydrogens (tertiary/aromatic N) is 2. The number of fused-ring (bicyclic) bond motifs is 1. The Morgan fingerprint density at radius 1 is 1.47 bits per heavy atom. The topological polar surface area (TPSA) is 34.9 Å². The third-order valence-corrected chi connectivity index (χ3v) is 2.89. The summed E-state index contributed by atoms with van der Waals surface area (Å²) >= 11 is 0. The number of benzene rings is 1. The first-order chi connectivity index (χ1) is 7.29. The van der Waals surface area contributed by atoms with Gasteiger partial charge >= 0.3 is 0 Å². The predicted molar refractivity (Wildman–Crippen MR) is 58.1 cm³/mol. The Labute approximate surface area is 87.7 Å². The SMILES string of the molecule is Cc1ccc2nc(C=O)n(C3CC3)c2c1. The van der Waals surface area contributed by atoms with Gasteiger partial charge in [0.25, 0.3) is 0 Å². The maximum absolute atomic E-state index is 10.9. The lowest BCUT2D eigenvalue weighted by Gasteiger charge is -2.03. The number of aldehydes is 1. The molecule has 76 valence electrons. The molecule has 1 heterocycles. The second-order valence-electron chi connectivity index (χ2n) is 4.18. The van der Waals surface area contributed by atoms with Crippen molar-refractivity contribution in [2.75, 3.05) is 0 Å². The Morgan fingerprint density at radius 2 is 2.27 bits per heavy atom. The van der Waals surface area contributed by atoms with Crippen LogP contribution >= 0.6 is 0 Å². The molecule has 15 heavy (non-hydrogen) atoms. The van der Waals surface area contributed by atoms with Gasteiger partial charge in [-0.15, -0.1) is 0 Å². The van der Waals surface area contributed by atoms with Crippen LogP contribution in [0.3, 0.4) is 0 Å². The first-order valence-corrected chi connectivity index (χ1v) is 5.23. The number of hydrogen-bond donors (Lipinski definition) is 0. The number of aromatic nitrogens is 2. The van der Waals surface area contributed by atoms with Crippen LogP contribution in [0, 0.1) is 6.92 Å². The van der Waals surface area contributed by atoms with Crippen LogP contribution in [0.2, 0.25) is 0 Å². The van der Waals surface area contributed by atoms with E-state index in [1.807, 2.05) is 12.1 Å². The van der Waals surface area contributed by atoms with Crippen LogP contribution in [-0.2, 0) is 0 Å². The molecule has 0 spiro atoms. The summed E-state index contributed by atoms with van der Waals surface area (Å²) in [6.45, 7) is 2.06. The van der Waals surface area contributed by atoms with E-state index >= 15 is 0 Å². The van der Waals surface area contributed by atoms with E-state index in [9.17, 15) is 4.79 Å². The normalized spacial score (nSPS) is 15.8. The van der Waals surface area contributed by atoms with Gasteiger partial charge in [0.15, 0.2) is 12.1 Å². The van der Waals surface area contributed by atoms with Gasteiger partial charge < -0.3 is 4.57 Å². The third-order valence-electron chi connectivity index (χ3n) is 2.89. The summed E-state index contributed by atoms with van der Waals surface area (Å²) < 4.78 is 2.08. The van der Waals surface area contributed by atoms with Gasteiger partial charge in [0.2, 0.25) is 0 Å². The highest BCUT2D eigenvalue weighted by molar-refractivity contribution is 5.83. The molecule has 0 amide bonds. The van der Waals surface area contributed by atoms with Crippen LogP contribution in [0.5, 0.6) is 0 Å². The van der Waals surface area contributed by atoms with Crippen molar-refractivity contribution >= 4 is 17.3 Å². The fourth-order valence-corrected chi connectivity index (χ4v) is 2.02. The summed E-state index contributed by atoms with van der Waals surface area (Å²) in [6, 6.07) is 6.61. The third kappa shape index (κ3) is 1.27. The number of imidazole rings is 1. The minimum atomic E-state index is 0.497. The minimum absolute atomic E-state index is 0.497. The summed E-state index contributed by atoms with van der Waals surface area (Å²) in [5, 5.41) is 0. The van der Waals surface area contributed by atoms with Gasteiger partial charge in [-0.1, -0.05) is 6.07 Å². The molecule has 0 N–H and O–H groups in total. The highest BCUT2D eigenvalue weighted by atomic mass is 16.1. The lowest BCUT2D eigenvalue weighted by atomic mass is 10.2. The largest absolute Gasteiger partial charge is 0.319 e. The molecule has 1 aromatic carbocycles. The Morgan fingerprint density at radius 3 is 2.93 bits per heavy atom. The summed E-state index contributed by atoms with van der Waals surface area (Å²) in [7, 11) is 0. The molecule has 1 aliphatic carbocycles. The highest BCUT2D eigenvalue weighted by Crippen LogP contribution is 2.38. The van der Waals surface area contributed by atoms with Crippen molar-refractivity contribution in [1.29, 1.82) is 0 Å². The van der Waals surface area contributed by atoms with E-state index in [2.05, 4.69) is 22.5 Å². The second-order valence-corrected chi connectivity index (χ2v) is 4.18. The summed E-state index contributed by atoms with van der Waals surface area (Å²) in [6.07, 6.45) is 3.19. The average molecular weight is 200 g/mol. The van der Waals surface area contributed by atoms with Crippen molar-refractivity contribution in [2.45, 2.75) is 25.8 Å². The molecule has 2 aromatic rings. The summed E-state index contributed by atoms with van der Waals surface area (Å²) in [5.74, 6) is 0.568. The standard InChI is InChI=1S/C12H12N2O/c1-8-2-5-10-11(6-8)14(9-3-4-9)12(7-15)13-10/h2,5-7,9H,3-4H2,1H3. The molecule has 0 bridgehead atoms. The second kappa shape index (κ2) is 2.92. The number of carbonyl (C=O) groups is 1. The van der Waals surface area contributed by atoms with Gasteiger partial charge in [0.1, 0.15) is 0 Å². The predicted octanol–water partition coefficient (Wildman–Crippen LogP) is 2.49. The number of hydrogen-bond acceptors (Lipinski definition) is 2. The van der Waals surface area contributed by atoms with E-state index in [0.717, 1.165) is 17.3 Å². The van der Waals surface area contributed by atoms with Gasteiger partial charge in [-0.25, -0.2) is 4.98 Å². The van der Waals surface area contributed by atoms with Crippen molar-refractivity contribution in [3.63, 3.8) is 0 Å². The molecule has 3 nitrogen and oxygen atoms in total. The number of aryl methyl sites for hydroxylation is 1. The van der Waals surface area contributed by atoms with Crippen molar-refractivity contribution in [1.82, 2.24) is 9.55 Å². The van der Waals surface area contributed by atoms with Crippen molar-refractivity contribution in [2.24, 2.45) is 0 Å². The summed E-state index contributed by atoms with van der Waals surface area (Å²) in [4.78, 5) is 15.3. The molecule has 0 atom stereocenters. The van der Waals surface area contributed by atoms with E-state index in [1.54, 1.807) is 0 Å². The molecule has 1 saturated carbocycles. The lowest BCUT2D eigenvalue weighted by Crippen LogP contribution is -1.99. The lowest BCUT2D eigenvalue weighted by molar-refractivity contribution is 0.111. The molecule has 3 rings (SSSR count). The molecule has 3 heteroatoms. The maximum atomic E-state index is 10.9. The number of carbonyl (C=O) groups excluding carboxylic acids is 1. The van der Waals surface area contributed by atoms with Crippen LogP contribution in [0.25, 0.3) is 11.0 Å². The smallest absolute Gasteiger partial charge is 0.185 e. The molecule has 0 saturated heterocycles. The quantitative estimate of drug-likeness (QED) is 0.698. The Hall–Kier alpha value is -1.64. The molecule has 1 aliphatic rings. The number of rotatable bonds is 2. The molecule has 1 aromatic heterocycles. The average Bonchev–Trinajstić information content (AvgIpc) is 2.99. The van der Waals surface area contributed by atoms with E-state index in [4.69, 9.17) is 0 Å². The van der Waals surface area contributed by atoms with E-state index < -0.39 is 0 Å². The monoisotopic (exact) mass is 200 g/mol. The van der Waals surface area contributed by atoms with Crippen molar-refractivity contribution < 1.29 is 4.79 Å². The van der Waals surface area contributed by atoms with E-state index in [0.29, 0.717) is 11.9 Å². The zero-order valence-corrected chi connectivity index (χ0v) is 8.60. The van der Waals surface area contributed by atoms with Crippen LogP contribution in [0.4, 0.5) is 0 Å². The van der Waals surface area contributed by atoms with Gasteiger partial charge in [-0.3, -0.25) is 4.79 Å². The molecule has 0 aliphatic heterocycles.